The zero-order chi connectivity index (χ0) is 21.9. The second-order valence-electron chi connectivity index (χ2n) is 8.69. The van der Waals surface area contributed by atoms with E-state index in [0.29, 0.717) is 0 Å². The van der Waals surface area contributed by atoms with Gasteiger partial charge in [0.1, 0.15) is 0 Å². The molecule has 7 aromatic rings. The molecule has 7 aromatic carbocycles. The maximum Gasteiger partial charge on any atom is 0.0484 e. The molecule has 0 fully saturated rings. The number of hydrogen-bond acceptors (Lipinski definition) is 0. The van der Waals surface area contributed by atoms with Gasteiger partial charge in [0.2, 0.25) is 0 Å². The molecule has 0 saturated heterocycles. The minimum Gasteiger partial charge on any atom is -0.0837 e. The summed E-state index contributed by atoms with van der Waals surface area (Å²) in [4.78, 5) is 0. The van der Waals surface area contributed by atoms with Crippen molar-refractivity contribution in [2.24, 2.45) is 0 Å². The van der Waals surface area contributed by atoms with Crippen LogP contribution in [0.15, 0.2) is 115 Å². The largest absolute Gasteiger partial charge is 0.0837 e. The van der Waals surface area contributed by atoms with Crippen molar-refractivity contribution in [2.75, 3.05) is 0 Å². The van der Waals surface area contributed by atoms with Gasteiger partial charge in [-0.3, -0.25) is 0 Å². The third-order valence-corrected chi connectivity index (χ3v) is 7.22. The fraction of sp³-hybridized carbons (Fsp3) is 0. The zero-order valence-electron chi connectivity index (χ0n) is 17.8. The molecule has 154 valence electrons. The van der Waals surface area contributed by atoms with Crippen LogP contribution in [0.4, 0.5) is 0 Å². The average Bonchev–Trinajstić information content (AvgIpc) is 2.87. The lowest BCUT2D eigenvalue weighted by Crippen LogP contribution is -1.86. The summed E-state index contributed by atoms with van der Waals surface area (Å²) in [7, 11) is 0. The molecule has 0 nitrogen and oxygen atoms in total. The van der Waals surface area contributed by atoms with Crippen molar-refractivity contribution >= 4 is 65.5 Å². The first-order chi connectivity index (χ1) is 16.3. The molecular weight excluding hydrogens is 420 g/mol. The van der Waals surface area contributed by atoms with Crippen LogP contribution in [0.1, 0.15) is 0 Å². The quantitative estimate of drug-likeness (QED) is 0.224. The van der Waals surface area contributed by atoms with Crippen LogP contribution in [0.3, 0.4) is 0 Å². The fourth-order valence-electron chi connectivity index (χ4n) is 5.34. The van der Waals surface area contributed by atoms with E-state index < -0.39 is 0 Å². The van der Waals surface area contributed by atoms with E-state index in [-0.39, 0.29) is 0 Å². The van der Waals surface area contributed by atoms with Gasteiger partial charge in [0.05, 0.1) is 0 Å². The minimum atomic E-state index is 0.791. The molecule has 0 aromatic heterocycles. The number of benzene rings is 7. The zero-order valence-corrected chi connectivity index (χ0v) is 18.6. The Hall–Kier alpha value is -3.87. The molecule has 0 amide bonds. The van der Waals surface area contributed by atoms with E-state index in [1.807, 2.05) is 12.1 Å². The molecule has 0 spiro atoms. The third-order valence-electron chi connectivity index (χ3n) is 6.89. The van der Waals surface area contributed by atoms with Crippen molar-refractivity contribution in [1.82, 2.24) is 0 Å². The summed E-state index contributed by atoms with van der Waals surface area (Å²) < 4.78 is 0. The summed E-state index contributed by atoms with van der Waals surface area (Å²) in [6.07, 6.45) is 0. The SMILES string of the molecule is Clc1cccc2c(-c3ccc4c(ccc5ccc6ccc7ccccc7c6c54)c3)cccc12. The highest BCUT2D eigenvalue weighted by molar-refractivity contribution is 6.36. The van der Waals surface area contributed by atoms with Crippen LogP contribution >= 0.6 is 11.6 Å². The van der Waals surface area contributed by atoms with Gasteiger partial charge < -0.3 is 0 Å². The van der Waals surface area contributed by atoms with Crippen molar-refractivity contribution in [3.05, 3.63) is 120 Å². The molecule has 0 atom stereocenters. The number of rotatable bonds is 1. The summed E-state index contributed by atoms with van der Waals surface area (Å²) in [6, 6.07) is 41.5. The topological polar surface area (TPSA) is 0 Å². The second kappa shape index (κ2) is 7.07. The molecule has 0 bridgehead atoms. The van der Waals surface area contributed by atoms with Gasteiger partial charge in [-0.25, -0.2) is 0 Å². The molecule has 0 N–H and O–H groups in total. The lowest BCUT2D eigenvalue weighted by molar-refractivity contribution is 1.69. The molecule has 0 radical (unpaired) electrons. The molecule has 0 saturated carbocycles. The maximum atomic E-state index is 6.48. The van der Waals surface area contributed by atoms with Crippen molar-refractivity contribution < 1.29 is 0 Å². The Balaban J connectivity index is 1.57. The first kappa shape index (κ1) is 18.7. The van der Waals surface area contributed by atoms with E-state index in [2.05, 4.69) is 103 Å². The Morgan fingerprint density at radius 3 is 1.82 bits per heavy atom. The van der Waals surface area contributed by atoms with Crippen LogP contribution in [0.25, 0.3) is 65.0 Å². The number of fused-ring (bicyclic) bond motifs is 8. The van der Waals surface area contributed by atoms with Crippen LogP contribution in [-0.2, 0) is 0 Å². The predicted octanol–water partition coefficient (Wildman–Crippen LogP) is 9.77. The van der Waals surface area contributed by atoms with Gasteiger partial charge >= 0.3 is 0 Å². The van der Waals surface area contributed by atoms with Gasteiger partial charge in [-0.1, -0.05) is 115 Å². The molecule has 0 unspecified atom stereocenters. The highest BCUT2D eigenvalue weighted by atomic mass is 35.5. The fourth-order valence-corrected chi connectivity index (χ4v) is 5.58. The van der Waals surface area contributed by atoms with Crippen molar-refractivity contribution in [3.63, 3.8) is 0 Å². The Morgan fingerprint density at radius 2 is 1.00 bits per heavy atom. The van der Waals surface area contributed by atoms with Gasteiger partial charge in [0, 0.05) is 10.4 Å². The van der Waals surface area contributed by atoms with Crippen LogP contribution in [-0.4, -0.2) is 0 Å². The van der Waals surface area contributed by atoms with Crippen molar-refractivity contribution in [1.29, 1.82) is 0 Å². The standard InChI is InChI=1S/C32H19Cl/c33-30-10-4-8-28-25(7-3-9-29(28)30)23-17-18-27-24(19-23)16-15-22-14-13-21-12-11-20-5-1-2-6-26(20)31(21)32(22)27/h1-19H. The van der Waals surface area contributed by atoms with E-state index in [9.17, 15) is 0 Å². The van der Waals surface area contributed by atoms with E-state index in [4.69, 9.17) is 11.6 Å². The van der Waals surface area contributed by atoms with Gasteiger partial charge in [0.15, 0.2) is 0 Å². The molecule has 0 aliphatic rings. The Kier molecular flexibility index (Phi) is 4.00. The molecular formula is C32H19Cl. The van der Waals surface area contributed by atoms with Gasteiger partial charge in [-0.15, -0.1) is 0 Å². The summed E-state index contributed by atoms with van der Waals surface area (Å²) in [5.74, 6) is 0. The maximum absolute atomic E-state index is 6.48. The summed E-state index contributed by atoms with van der Waals surface area (Å²) in [5, 5.41) is 13.4. The molecule has 0 aliphatic heterocycles. The van der Waals surface area contributed by atoms with E-state index in [1.165, 1.54) is 59.6 Å². The summed E-state index contributed by atoms with van der Waals surface area (Å²) in [5.41, 5.74) is 2.42. The molecule has 0 heterocycles. The first-order valence-corrected chi connectivity index (χ1v) is 11.6. The molecule has 33 heavy (non-hydrogen) atoms. The molecule has 7 rings (SSSR count). The average molecular weight is 439 g/mol. The highest BCUT2D eigenvalue weighted by Gasteiger charge is 2.11. The van der Waals surface area contributed by atoms with Crippen LogP contribution in [0, 0.1) is 0 Å². The van der Waals surface area contributed by atoms with Crippen LogP contribution < -0.4 is 0 Å². The molecule has 1 heteroatoms. The molecule has 0 aliphatic carbocycles. The summed E-state index contributed by atoms with van der Waals surface area (Å²) in [6.45, 7) is 0. The smallest absolute Gasteiger partial charge is 0.0484 e. The van der Waals surface area contributed by atoms with Crippen LogP contribution in [0.2, 0.25) is 5.02 Å². The minimum absolute atomic E-state index is 0.791. The first-order valence-electron chi connectivity index (χ1n) is 11.2. The number of hydrogen-bond donors (Lipinski definition) is 0. The van der Waals surface area contributed by atoms with Crippen molar-refractivity contribution in [3.8, 4) is 11.1 Å². The monoisotopic (exact) mass is 438 g/mol. The predicted molar refractivity (Wildman–Crippen MR) is 144 cm³/mol. The Bertz CT molecular complexity index is 1870. The normalized spacial score (nSPS) is 11.8. The third kappa shape index (κ3) is 2.78. The van der Waals surface area contributed by atoms with Gasteiger partial charge in [-0.2, -0.15) is 0 Å². The van der Waals surface area contributed by atoms with Crippen LogP contribution in [0.5, 0.6) is 0 Å². The van der Waals surface area contributed by atoms with Gasteiger partial charge in [0.25, 0.3) is 0 Å². The number of halogens is 1. The van der Waals surface area contributed by atoms with Crippen molar-refractivity contribution in [2.45, 2.75) is 0 Å². The lowest BCUT2D eigenvalue weighted by Gasteiger charge is -2.13. The van der Waals surface area contributed by atoms with Gasteiger partial charge in [-0.05, 0) is 71.7 Å². The second-order valence-corrected chi connectivity index (χ2v) is 9.10. The van der Waals surface area contributed by atoms with E-state index >= 15 is 0 Å². The summed E-state index contributed by atoms with van der Waals surface area (Å²) >= 11 is 6.48. The lowest BCUT2D eigenvalue weighted by atomic mass is 9.91. The van der Waals surface area contributed by atoms with E-state index in [1.54, 1.807) is 0 Å². The highest BCUT2D eigenvalue weighted by Crippen LogP contribution is 2.39. The Labute approximate surface area is 196 Å². The Morgan fingerprint density at radius 1 is 0.394 bits per heavy atom. The van der Waals surface area contributed by atoms with E-state index in [0.717, 1.165) is 10.4 Å².